The van der Waals surface area contributed by atoms with E-state index in [0.29, 0.717) is 5.03 Å². The fourth-order valence-electron chi connectivity index (χ4n) is 1.16. The molecule has 1 aromatic rings. The Kier molecular flexibility index (Phi) is 3.97. The van der Waals surface area contributed by atoms with Crippen molar-refractivity contribution in [3.63, 3.8) is 0 Å². The third kappa shape index (κ3) is 3.51. The van der Waals surface area contributed by atoms with E-state index < -0.39 is 0 Å². The Labute approximate surface area is 88.6 Å². The highest BCUT2D eigenvalue weighted by Gasteiger charge is 2.04. The first-order chi connectivity index (χ1) is 6.09. The summed E-state index contributed by atoms with van der Waals surface area (Å²) >= 11 is 7.51. The average Bonchev–Trinajstić information content (AvgIpc) is 2.34. The van der Waals surface area contributed by atoms with Crippen LogP contribution in [0.1, 0.15) is 10.4 Å². The van der Waals surface area contributed by atoms with Crippen LogP contribution in [0.15, 0.2) is 23.1 Å². The number of halogens is 1. The molecule has 0 bridgehead atoms. The Bertz CT molecular complexity index is 293. The lowest BCUT2D eigenvalue weighted by Crippen LogP contribution is -2.18. The van der Waals surface area contributed by atoms with Gasteiger partial charge in [-0.2, -0.15) is 0 Å². The molecule has 1 rings (SSSR count). The third-order valence-corrected chi connectivity index (χ3v) is 2.95. The quantitative estimate of drug-likeness (QED) is 0.746. The normalized spacial score (nSPS) is 10.8. The van der Waals surface area contributed by atoms with E-state index in [4.69, 9.17) is 11.6 Å². The summed E-state index contributed by atoms with van der Waals surface area (Å²) in [7, 11) is 2.05. The van der Waals surface area contributed by atoms with Crippen molar-refractivity contribution in [3.05, 3.63) is 33.5 Å². The molecule has 1 aromatic heterocycles. The summed E-state index contributed by atoms with van der Waals surface area (Å²) in [6.07, 6.45) is 0. The molecule has 0 aromatic carbocycles. The van der Waals surface area contributed by atoms with E-state index >= 15 is 0 Å². The van der Waals surface area contributed by atoms with Crippen LogP contribution in [-0.2, 0) is 6.54 Å². The summed E-state index contributed by atoms with van der Waals surface area (Å²) in [6.45, 7) is 7.51. The molecule has 3 heteroatoms. The monoisotopic (exact) mass is 215 g/mol. The molecule has 0 fully saturated rings. The van der Waals surface area contributed by atoms with Crippen LogP contribution in [0.4, 0.5) is 0 Å². The van der Waals surface area contributed by atoms with Gasteiger partial charge >= 0.3 is 0 Å². The smallest absolute Gasteiger partial charge is 0.0336 e. The second-order valence-electron chi connectivity index (χ2n) is 3.22. The van der Waals surface area contributed by atoms with Gasteiger partial charge in [-0.05, 0) is 31.0 Å². The van der Waals surface area contributed by atoms with E-state index in [-0.39, 0.29) is 0 Å². The van der Waals surface area contributed by atoms with Crippen LogP contribution in [0.25, 0.3) is 0 Å². The second-order valence-corrected chi connectivity index (χ2v) is 4.75. The number of nitrogens with zero attached hydrogens (tertiary/aromatic N) is 1. The summed E-state index contributed by atoms with van der Waals surface area (Å²) < 4.78 is 0. The Morgan fingerprint density at radius 1 is 1.69 bits per heavy atom. The molecule has 0 atom stereocenters. The zero-order chi connectivity index (χ0) is 9.84. The van der Waals surface area contributed by atoms with Gasteiger partial charge in [-0.3, -0.25) is 4.90 Å². The highest BCUT2D eigenvalue weighted by molar-refractivity contribution is 7.10. The van der Waals surface area contributed by atoms with Crippen LogP contribution < -0.4 is 0 Å². The van der Waals surface area contributed by atoms with Crippen molar-refractivity contribution in [2.24, 2.45) is 0 Å². The molecule has 0 aliphatic heterocycles. The van der Waals surface area contributed by atoms with E-state index in [1.54, 1.807) is 11.3 Å². The summed E-state index contributed by atoms with van der Waals surface area (Å²) in [4.78, 5) is 3.56. The zero-order valence-electron chi connectivity index (χ0n) is 8.01. The van der Waals surface area contributed by atoms with Gasteiger partial charge in [0.25, 0.3) is 0 Å². The van der Waals surface area contributed by atoms with Crippen molar-refractivity contribution in [2.45, 2.75) is 13.5 Å². The standard InChI is InChI=1S/C10H14ClNS/c1-8-4-5-13-10(8)7-12(3)6-9(2)11/h4-5H,2,6-7H2,1,3H3. The van der Waals surface area contributed by atoms with Gasteiger partial charge in [0.2, 0.25) is 0 Å². The van der Waals surface area contributed by atoms with Gasteiger partial charge < -0.3 is 0 Å². The van der Waals surface area contributed by atoms with Crippen molar-refractivity contribution in [2.75, 3.05) is 13.6 Å². The first-order valence-electron chi connectivity index (χ1n) is 4.14. The van der Waals surface area contributed by atoms with Crippen LogP contribution in [0.2, 0.25) is 0 Å². The van der Waals surface area contributed by atoms with Crippen molar-refractivity contribution in [1.82, 2.24) is 4.90 Å². The lowest BCUT2D eigenvalue weighted by Gasteiger charge is -2.14. The molecule has 0 aliphatic rings. The van der Waals surface area contributed by atoms with Crippen LogP contribution in [-0.4, -0.2) is 18.5 Å². The summed E-state index contributed by atoms with van der Waals surface area (Å²) in [6, 6.07) is 2.14. The van der Waals surface area contributed by atoms with E-state index in [2.05, 4.69) is 29.8 Å². The molecule has 1 nitrogen and oxygen atoms in total. The van der Waals surface area contributed by atoms with Crippen molar-refractivity contribution in [1.29, 1.82) is 0 Å². The minimum Gasteiger partial charge on any atom is -0.296 e. The lowest BCUT2D eigenvalue weighted by molar-refractivity contribution is 0.363. The van der Waals surface area contributed by atoms with Gasteiger partial charge in [-0.25, -0.2) is 0 Å². The predicted molar refractivity (Wildman–Crippen MR) is 60.4 cm³/mol. The van der Waals surface area contributed by atoms with Gasteiger partial charge in [0, 0.05) is 23.0 Å². The fourth-order valence-corrected chi connectivity index (χ4v) is 2.35. The third-order valence-electron chi connectivity index (χ3n) is 1.82. The van der Waals surface area contributed by atoms with Gasteiger partial charge in [-0.1, -0.05) is 18.2 Å². The summed E-state index contributed by atoms with van der Waals surface area (Å²) in [5, 5.41) is 2.81. The largest absolute Gasteiger partial charge is 0.296 e. The molecule has 13 heavy (non-hydrogen) atoms. The number of hydrogen-bond acceptors (Lipinski definition) is 2. The van der Waals surface area contributed by atoms with Crippen LogP contribution in [0, 0.1) is 6.92 Å². The number of likely N-dealkylation sites (N-methyl/N-ethyl adjacent to an activating group) is 1. The Balaban J connectivity index is 2.49. The van der Waals surface area contributed by atoms with Crippen LogP contribution in [0.3, 0.4) is 0 Å². The topological polar surface area (TPSA) is 3.24 Å². The molecule has 0 N–H and O–H groups in total. The van der Waals surface area contributed by atoms with Gasteiger partial charge in [0.05, 0.1) is 0 Å². The second kappa shape index (κ2) is 4.80. The van der Waals surface area contributed by atoms with Crippen molar-refractivity contribution >= 4 is 22.9 Å². The van der Waals surface area contributed by atoms with E-state index in [0.717, 1.165) is 13.1 Å². The van der Waals surface area contributed by atoms with E-state index in [1.807, 2.05) is 7.05 Å². The molecule has 0 spiro atoms. The average molecular weight is 216 g/mol. The predicted octanol–water partition coefficient (Wildman–Crippen LogP) is 3.24. The molecule has 0 unspecified atom stereocenters. The van der Waals surface area contributed by atoms with Gasteiger partial charge in [0.15, 0.2) is 0 Å². The number of rotatable bonds is 4. The van der Waals surface area contributed by atoms with Crippen molar-refractivity contribution in [3.8, 4) is 0 Å². The number of thiophene rings is 1. The highest BCUT2D eigenvalue weighted by Crippen LogP contribution is 2.17. The summed E-state index contributed by atoms with van der Waals surface area (Å²) in [5.74, 6) is 0. The lowest BCUT2D eigenvalue weighted by atomic mass is 10.3. The maximum absolute atomic E-state index is 5.72. The molecular formula is C10H14ClNS. The van der Waals surface area contributed by atoms with Crippen LogP contribution >= 0.6 is 22.9 Å². The SMILES string of the molecule is C=C(Cl)CN(C)Cc1sccc1C. The molecule has 0 saturated carbocycles. The maximum atomic E-state index is 5.72. The first kappa shape index (κ1) is 10.8. The Hall–Kier alpha value is -0.310. The molecule has 0 radical (unpaired) electrons. The molecule has 72 valence electrons. The minimum atomic E-state index is 0.691. The maximum Gasteiger partial charge on any atom is 0.0336 e. The Morgan fingerprint density at radius 2 is 2.38 bits per heavy atom. The first-order valence-corrected chi connectivity index (χ1v) is 5.40. The number of aryl methyl sites for hydroxylation is 1. The highest BCUT2D eigenvalue weighted by atomic mass is 35.5. The van der Waals surface area contributed by atoms with Crippen LogP contribution in [0.5, 0.6) is 0 Å². The zero-order valence-corrected chi connectivity index (χ0v) is 9.58. The molecule has 1 heterocycles. The fraction of sp³-hybridized carbons (Fsp3) is 0.400. The van der Waals surface area contributed by atoms with E-state index in [9.17, 15) is 0 Å². The Morgan fingerprint density at radius 3 is 2.85 bits per heavy atom. The van der Waals surface area contributed by atoms with E-state index in [1.165, 1.54) is 10.4 Å². The molecule has 0 aliphatic carbocycles. The summed E-state index contributed by atoms with van der Waals surface area (Å²) in [5.41, 5.74) is 1.36. The molecular weight excluding hydrogens is 202 g/mol. The number of hydrogen-bond donors (Lipinski definition) is 0. The van der Waals surface area contributed by atoms with Crippen molar-refractivity contribution < 1.29 is 0 Å². The van der Waals surface area contributed by atoms with Gasteiger partial charge in [-0.15, -0.1) is 11.3 Å². The minimum absolute atomic E-state index is 0.691. The molecule has 0 saturated heterocycles. The molecule has 0 amide bonds. The van der Waals surface area contributed by atoms with Gasteiger partial charge in [0.1, 0.15) is 0 Å².